The van der Waals surface area contributed by atoms with Gasteiger partial charge in [0.15, 0.2) is 0 Å². The Labute approximate surface area is 116 Å². The van der Waals surface area contributed by atoms with Crippen molar-refractivity contribution in [3.63, 3.8) is 0 Å². The molecule has 2 aromatic rings. The second-order valence-corrected chi connectivity index (χ2v) is 4.34. The van der Waals surface area contributed by atoms with Crippen LogP contribution in [0.15, 0.2) is 42.7 Å². The van der Waals surface area contributed by atoms with Crippen molar-refractivity contribution in [1.29, 1.82) is 0 Å². The van der Waals surface area contributed by atoms with Crippen LogP contribution in [0.1, 0.15) is 12.0 Å². The molecule has 0 bridgehead atoms. The van der Waals surface area contributed by atoms with Gasteiger partial charge >= 0.3 is 5.97 Å². The molecular weight excluding hydrogens is 258 g/mol. The zero-order valence-electron chi connectivity index (χ0n) is 10.8. The van der Waals surface area contributed by atoms with Crippen molar-refractivity contribution in [3.8, 4) is 0 Å². The molecule has 1 heterocycles. The lowest BCUT2D eigenvalue weighted by Gasteiger charge is -2.07. The number of carboxylic acid groups (broad SMARTS) is 1. The minimum absolute atomic E-state index is 0.0585. The SMILES string of the molecule is O=C(O)Cc1cccc(NC(=O)CCn2cccn2)c1. The van der Waals surface area contributed by atoms with Crippen LogP contribution in [-0.2, 0) is 22.6 Å². The van der Waals surface area contributed by atoms with Gasteiger partial charge in [-0.05, 0) is 23.8 Å². The van der Waals surface area contributed by atoms with Crippen molar-refractivity contribution in [2.75, 3.05) is 5.32 Å². The molecule has 0 aliphatic carbocycles. The van der Waals surface area contributed by atoms with E-state index >= 15 is 0 Å². The van der Waals surface area contributed by atoms with Crippen LogP contribution in [0, 0.1) is 0 Å². The average molecular weight is 273 g/mol. The molecule has 0 unspecified atom stereocenters. The molecule has 0 fully saturated rings. The number of hydrogen-bond acceptors (Lipinski definition) is 3. The highest BCUT2D eigenvalue weighted by Gasteiger charge is 2.05. The first-order valence-electron chi connectivity index (χ1n) is 6.21. The second kappa shape index (κ2) is 6.51. The van der Waals surface area contributed by atoms with E-state index in [1.165, 1.54) is 0 Å². The molecule has 2 N–H and O–H groups in total. The van der Waals surface area contributed by atoms with E-state index in [0.29, 0.717) is 24.2 Å². The third-order valence-electron chi connectivity index (χ3n) is 2.69. The summed E-state index contributed by atoms with van der Waals surface area (Å²) in [5.74, 6) is -1.03. The summed E-state index contributed by atoms with van der Waals surface area (Å²) in [6.45, 7) is 0.508. The molecule has 0 aliphatic rings. The van der Waals surface area contributed by atoms with Crippen LogP contribution < -0.4 is 5.32 Å². The van der Waals surface area contributed by atoms with E-state index in [4.69, 9.17) is 5.11 Å². The van der Waals surface area contributed by atoms with E-state index in [2.05, 4.69) is 10.4 Å². The zero-order chi connectivity index (χ0) is 14.4. The first kappa shape index (κ1) is 13.8. The number of anilines is 1. The predicted octanol–water partition coefficient (Wildman–Crippen LogP) is 1.54. The van der Waals surface area contributed by atoms with Crippen LogP contribution in [0.3, 0.4) is 0 Å². The summed E-state index contributed by atoms with van der Waals surface area (Å²) in [7, 11) is 0. The fourth-order valence-corrected chi connectivity index (χ4v) is 1.81. The van der Waals surface area contributed by atoms with Crippen LogP contribution in [-0.4, -0.2) is 26.8 Å². The monoisotopic (exact) mass is 273 g/mol. The summed E-state index contributed by atoms with van der Waals surface area (Å²) < 4.78 is 1.68. The molecule has 0 atom stereocenters. The molecule has 6 nitrogen and oxygen atoms in total. The van der Waals surface area contributed by atoms with Crippen molar-refractivity contribution in [3.05, 3.63) is 48.3 Å². The lowest BCUT2D eigenvalue weighted by molar-refractivity contribution is -0.136. The molecule has 2 rings (SSSR count). The quantitative estimate of drug-likeness (QED) is 0.836. The number of carboxylic acids is 1. The van der Waals surface area contributed by atoms with Crippen LogP contribution >= 0.6 is 0 Å². The summed E-state index contributed by atoms with van der Waals surface area (Å²) in [6, 6.07) is 8.64. The lowest BCUT2D eigenvalue weighted by atomic mass is 10.1. The predicted molar refractivity (Wildman–Crippen MR) is 73.3 cm³/mol. The van der Waals surface area contributed by atoms with Gasteiger partial charge < -0.3 is 10.4 Å². The third-order valence-corrected chi connectivity index (χ3v) is 2.69. The Morgan fingerprint density at radius 1 is 1.30 bits per heavy atom. The number of hydrogen-bond donors (Lipinski definition) is 2. The molecule has 0 radical (unpaired) electrons. The summed E-state index contributed by atoms with van der Waals surface area (Å²) in [5, 5.41) is 15.5. The van der Waals surface area contributed by atoms with Crippen molar-refractivity contribution >= 4 is 17.6 Å². The van der Waals surface area contributed by atoms with Gasteiger partial charge in [-0.15, -0.1) is 0 Å². The zero-order valence-corrected chi connectivity index (χ0v) is 10.8. The van der Waals surface area contributed by atoms with Gasteiger partial charge in [0.25, 0.3) is 0 Å². The van der Waals surface area contributed by atoms with E-state index in [9.17, 15) is 9.59 Å². The first-order valence-corrected chi connectivity index (χ1v) is 6.21. The van der Waals surface area contributed by atoms with Gasteiger partial charge in [-0.1, -0.05) is 12.1 Å². The highest BCUT2D eigenvalue weighted by Crippen LogP contribution is 2.11. The van der Waals surface area contributed by atoms with Gasteiger partial charge in [0.2, 0.25) is 5.91 Å². The molecule has 1 aromatic carbocycles. The smallest absolute Gasteiger partial charge is 0.307 e. The first-order chi connectivity index (χ1) is 9.63. The Morgan fingerprint density at radius 3 is 2.85 bits per heavy atom. The minimum Gasteiger partial charge on any atom is -0.481 e. The van der Waals surface area contributed by atoms with Gasteiger partial charge in [-0.3, -0.25) is 14.3 Å². The maximum atomic E-state index is 11.8. The maximum Gasteiger partial charge on any atom is 0.307 e. The number of aliphatic carboxylic acids is 1. The number of aromatic nitrogens is 2. The number of nitrogens with zero attached hydrogens (tertiary/aromatic N) is 2. The summed E-state index contributed by atoms with van der Waals surface area (Å²) in [5.41, 5.74) is 1.26. The fraction of sp³-hybridized carbons (Fsp3) is 0.214. The molecule has 0 spiro atoms. The molecule has 1 amide bonds. The van der Waals surface area contributed by atoms with Crippen molar-refractivity contribution in [1.82, 2.24) is 9.78 Å². The number of nitrogens with one attached hydrogen (secondary N) is 1. The normalized spacial score (nSPS) is 10.2. The van der Waals surface area contributed by atoms with E-state index in [1.807, 2.05) is 0 Å². The number of carbonyl (C=O) groups excluding carboxylic acids is 1. The number of carbonyl (C=O) groups is 2. The lowest BCUT2D eigenvalue weighted by Crippen LogP contribution is -2.15. The highest BCUT2D eigenvalue weighted by atomic mass is 16.4. The Bertz CT molecular complexity index is 593. The van der Waals surface area contributed by atoms with Crippen LogP contribution in [0.25, 0.3) is 0 Å². The molecule has 0 saturated carbocycles. The van der Waals surface area contributed by atoms with E-state index in [-0.39, 0.29) is 12.3 Å². The third kappa shape index (κ3) is 4.24. The standard InChI is InChI=1S/C14H15N3O3/c18-13(5-8-17-7-2-6-15-17)16-12-4-1-3-11(9-12)10-14(19)20/h1-4,6-7,9H,5,8,10H2,(H,16,18)(H,19,20). The van der Waals surface area contributed by atoms with Crippen LogP contribution in [0.2, 0.25) is 0 Å². The van der Waals surface area contributed by atoms with Crippen molar-refractivity contribution in [2.45, 2.75) is 19.4 Å². The number of benzene rings is 1. The Balaban J connectivity index is 1.88. The van der Waals surface area contributed by atoms with Gasteiger partial charge in [0.05, 0.1) is 6.42 Å². The number of aryl methyl sites for hydroxylation is 1. The van der Waals surface area contributed by atoms with Gasteiger partial charge in [-0.2, -0.15) is 5.10 Å². The maximum absolute atomic E-state index is 11.8. The largest absolute Gasteiger partial charge is 0.481 e. The molecule has 20 heavy (non-hydrogen) atoms. The number of rotatable bonds is 6. The van der Waals surface area contributed by atoms with Gasteiger partial charge in [0.1, 0.15) is 0 Å². The van der Waals surface area contributed by atoms with E-state index < -0.39 is 5.97 Å². The fourth-order valence-electron chi connectivity index (χ4n) is 1.81. The summed E-state index contributed by atoms with van der Waals surface area (Å²) in [6.07, 6.45) is 3.70. The molecule has 104 valence electrons. The second-order valence-electron chi connectivity index (χ2n) is 4.34. The summed E-state index contributed by atoms with van der Waals surface area (Å²) in [4.78, 5) is 22.4. The molecule has 6 heteroatoms. The topological polar surface area (TPSA) is 84.2 Å². The van der Waals surface area contributed by atoms with E-state index in [1.54, 1.807) is 47.4 Å². The molecule has 1 aromatic heterocycles. The molecular formula is C14H15N3O3. The summed E-state index contributed by atoms with van der Waals surface area (Å²) >= 11 is 0. The average Bonchev–Trinajstić information content (AvgIpc) is 2.89. The number of amides is 1. The Morgan fingerprint density at radius 2 is 2.15 bits per heavy atom. The van der Waals surface area contributed by atoms with E-state index in [0.717, 1.165) is 0 Å². The van der Waals surface area contributed by atoms with Crippen molar-refractivity contribution < 1.29 is 14.7 Å². The van der Waals surface area contributed by atoms with Gasteiger partial charge in [-0.25, -0.2) is 0 Å². The van der Waals surface area contributed by atoms with Crippen LogP contribution in [0.4, 0.5) is 5.69 Å². The van der Waals surface area contributed by atoms with Gasteiger partial charge in [0, 0.05) is 31.0 Å². The van der Waals surface area contributed by atoms with Crippen LogP contribution in [0.5, 0.6) is 0 Å². The molecule has 0 aliphatic heterocycles. The Hall–Kier alpha value is -2.63. The minimum atomic E-state index is -0.896. The van der Waals surface area contributed by atoms with Crippen molar-refractivity contribution in [2.24, 2.45) is 0 Å². The highest BCUT2D eigenvalue weighted by molar-refractivity contribution is 5.90. The molecule has 0 saturated heterocycles. The Kier molecular flexibility index (Phi) is 4.49.